The molecule has 1 amide bonds. The fraction of sp³-hybridized carbons (Fsp3) is 0.500. The standard InChI is InChI=1S/C22H26N2O3/c1-15-13-18(17-9-3-4-10-19(17)23-15)22(26)27-14-21(25)24-12-6-8-16-7-2-5-11-20(16)24/h3-4,9-10,13,16,20H,2,5-8,11-12,14H2,1H3/t16-,20+/m1/s1. The number of pyridine rings is 1. The molecular weight excluding hydrogens is 340 g/mol. The molecule has 1 aliphatic heterocycles. The highest BCUT2D eigenvalue weighted by molar-refractivity contribution is 6.04. The van der Waals surface area contributed by atoms with Crippen molar-refractivity contribution in [2.45, 2.75) is 51.5 Å². The lowest BCUT2D eigenvalue weighted by Gasteiger charge is -2.44. The van der Waals surface area contributed by atoms with E-state index in [9.17, 15) is 9.59 Å². The summed E-state index contributed by atoms with van der Waals surface area (Å²) in [5, 5.41) is 0.755. The molecule has 5 heteroatoms. The number of rotatable bonds is 3. The number of aryl methyl sites for hydroxylation is 1. The number of piperidine rings is 1. The van der Waals surface area contributed by atoms with E-state index in [4.69, 9.17) is 4.74 Å². The van der Waals surface area contributed by atoms with Gasteiger partial charge in [-0.15, -0.1) is 0 Å². The number of ether oxygens (including phenoxy) is 1. The second kappa shape index (κ2) is 7.67. The number of likely N-dealkylation sites (tertiary alicyclic amines) is 1. The maximum Gasteiger partial charge on any atom is 0.339 e. The van der Waals surface area contributed by atoms with E-state index in [1.54, 1.807) is 6.07 Å². The third-order valence-electron chi connectivity index (χ3n) is 5.95. The zero-order valence-corrected chi connectivity index (χ0v) is 15.8. The van der Waals surface area contributed by atoms with E-state index in [0.29, 0.717) is 17.5 Å². The molecule has 2 aliphatic rings. The normalized spacial score (nSPS) is 22.3. The van der Waals surface area contributed by atoms with Crippen molar-refractivity contribution in [3.63, 3.8) is 0 Å². The van der Waals surface area contributed by atoms with Crippen molar-refractivity contribution in [1.82, 2.24) is 9.88 Å². The van der Waals surface area contributed by atoms with Crippen LogP contribution in [0, 0.1) is 12.8 Å². The number of aromatic nitrogens is 1. The molecule has 2 heterocycles. The van der Waals surface area contributed by atoms with Gasteiger partial charge in [0.15, 0.2) is 6.61 Å². The molecule has 142 valence electrons. The SMILES string of the molecule is Cc1cc(C(=O)OCC(=O)N2CCC[C@H]3CCCC[C@@H]32)c2ccccc2n1. The van der Waals surface area contributed by atoms with E-state index in [1.165, 1.54) is 25.7 Å². The zero-order valence-electron chi connectivity index (χ0n) is 15.8. The van der Waals surface area contributed by atoms with Crippen molar-refractivity contribution in [1.29, 1.82) is 0 Å². The molecule has 0 unspecified atom stereocenters. The van der Waals surface area contributed by atoms with Gasteiger partial charge in [0, 0.05) is 23.7 Å². The second-order valence-corrected chi connectivity index (χ2v) is 7.75. The molecule has 1 aromatic heterocycles. The minimum Gasteiger partial charge on any atom is -0.452 e. The van der Waals surface area contributed by atoms with Crippen molar-refractivity contribution in [2.24, 2.45) is 5.92 Å². The quantitative estimate of drug-likeness (QED) is 0.774. The number of esters is 1. The Hall–Kier alpha value is -2.43. The Balaban J connectivity index is 1.45. The Morgan fingerprint density at radius 2 is 1.93 bits per heavy atom. The minimum atomic E-state index is -0.456. The Kier molecular flexibility index (Phi) is 5.10. The van der Waals surface area contributed by atoms with Crippen LogP contribution < -0.4 is 0 Å². The van der Waals surface area contributed by atoms with Crippen molar-refractivity contribution >= 4 is 22.8 Å². The van der Waals surface area contributed by atoms with Gasteiger partial charge in [-0.2, -0.15) is 0 Å². The van der Waals surface area contributed by atoms with Crippen LogP contribution in [0.1, 0.15) is 54.6 Å². The fourth-order valence-electron chi connectivity index (χ4n) is 4.70. The Labute approximate surface area is 159 Å². The van der Waals surface area contributed by atoms with Crippen LogP contribution >= 0.6 is 0 Å². The summed E-state index contributed by atoms with van der Waals surface area (Å²) in [7, 11) is 0. The molecular formula is C22H26N2O3. The lowest BCUT2D eigenvalue weighted by Crippen LogP contribution is -2.50. The first-order valence-electron chi connectivity index (χ1n) is 9.96. The highest BCUT2D eigenvalue weighted by Gasteiger charge is 2.35. The van der Waals surface area contributed by atoms with E-state index in [0.717, 1.165) is 36.0 Å². The molecule has 2 atom stereocenters. The first-order valence-corrected chi connectivity index (χ1v) is 9.96. The number of para-hydroxylation sites is 1. The molecule has 27 heavy (non-hydrogen) atoms. The smallest absolute Gasteiger partial charge is 0.339 e. The lowest BCUT2D eigenvalue weighted by molar-refractivity contribution is -0.140. The average molecular weight is 366 g/mol. The van der Waals surface area contributed by atoms with Gasteiger partial charge in [0.25, 0.3) is 5.91 Å². The molecule has 0 radical (unpaired) electrons. The van der Waals surface area contributed by atoms with Gasteiger partial charge in [0.1, 0.15) is 0 Å². The molecule has 1 saturated heterocycles. The number of fused-ring (bicyclic) bond motifs is 2. The number of carbonyl (C=O) groups is 2. The number of hydrogen-bond donors (Lipinski definition) is 0. The number of amides is 1. The minimum absolute atomic E-state index is 0.0602. The fourth-order valence-corrected chi connectivity index (χ4v) is 4.70. The highest BCUT2D eigenvalue weighted by Crippen LogP contribution is 2.35. The zero-order chi connectivity index (χ0) is 18.8. The number of carbonyl (C=O) groups excluding carboxylic acids is 2. The Bertz CT molecular complexity index is 862. The van der Waals surface area contributed by atoms with Crippen molar-refractivity contribution in [3.8, 4) is 0 Å². The van der Waals surface area contributed by atoms with Gasteiger partial charge in [0.2, 0.25) is 0 Å². The van der Waals surface area contributed by atoms with Crippen LogP contribution in [-0.4, -0.2) is 41.0 Å². The van der Waals surface area contributed by atoms with Crippen LogP contribution in [0.3, 0.4) is 0 Å². The van der Waals surface area contributed by atoms with Crippen LogP contribution in [0.15, 0.2) is 30.3 Å². The summed E-state index contributed by atoms with van der Waals surface area (Å²) in [5.74, 6) is 0.108. The van der Waals surface area contributed by atoms with Crippen molar-refractivity contribution in [2.75, 3.05) is 13.2 Å². The van der Waals surface area contributed by atoms with Gasteiger partial charge in [-0.05, 0) is 50.7 Å². The number of nitrogens with zero attached hydrogens (tertiary/aromatic N) is 2. The van der Waals surface area contributed by atoms with E-state index < -0.39 is 5.97 Å². The third kappa shape index (κ3) is 3.68. The molecule has 2 fully saturated rings. The lowest BCUT2D eigenvalue weighted by atomic mass is 9.78. The maximum atomic E-state index is 12.8. The van der Waals surface area contributed by atoms with E-state index in [2.05, 4.69) is 4.98 Å². The van der Waals surface area contributed by atoms with Crippen LogP contribution in [0.25, 0.3) is 10.9 Å². The summed E-state index contributed by atoms with van der Waals surface area (Å²) in [6.45, 7) is 2.46. The molecule has 0 spiro atoms. The molecule has 1 aromatic carbocycles. The largest absolute Gasteiger partial charge is 0.452 e. The summed E-state index contributed by atoms with van der Waals surface area (Å²) in [4.78, 5) is 31.8. The topological polar surface area (TPSA) is 59.5 Å². The molecule has 2 aromatic rings. The Morgan fingerprint density at radius 3 is 2.81 bits per heavy atom. The van der Waals surface area contributed by atoms with Crippen molar-refractivity contribution < 1.29 is 14.3 Å². The van der Waals surface area contributed by atoms with Gasteiger partial charge in [-0.1, -0.05) is 31.0 Å². The molecule has 0 bridgehead atoms. The van der Waals surface area contributed by atoms with Crippen LogP contribution in [0.5, 0.6) is 0 Å². The number of hydrogen-bond acceptors (Lipinski definition) is 4. The molecule has 1 saturated carbocycles. The first kappa shape index (κ1) is 18.0. The summed E-state index contributed by atoms with van der Waals surface area (Å²) >= 11 is 0. The molecule has 5 nitrogen and oxygen atoms in total. The van der Waals surface area contributed by atoms with Crippen molar-refractivity contribution in [3.05, 3.63) is 41.6 Å². The third-order valence-corrected chi connectivity index (χ3v) is 5.95. The average Bonchev–Trinajstić information content (AvgIpc) is 2.70. The van der Waals surface area contributed by atoms with Gasteiger partial charge >= 0.3 is 5.97 Å². The van der Waals surface area contributed by atoms with E-state index in [-0.39, 0.29) is 12.5 Å². The maximum absolute atomic E-state index is 12.8. The van der Waals surface area contributed by atoms with E-state index >= 15 is 0 Å². The van der Waals surface area contributed by atoms with Crippen LogP contribution in [0.4, 0.5) is 0 Å². The molecule has 1 aliphatic carbocycles. The molecule has 0 N–H and O–H groups in total. The van der Waals surface area contributed by atoms with Crippen LogP contribution in [0.2, 0.25) is 0 Å². The van der Waals surface area contributed by atoms with E-state index in [1.807, 2.05) is 36.1 Å². The van der Waals surface area contributed by atoms with Crippen LogP contribution in [-0.2, 0) is 9.53 Å². The number of benzene rings is 1. The summed E-state index contributed by atoms with van der Waals surface area (Å²) < 4.78 is 5.43. The summed E-state index contributed by atoms with van der Waals surface area (Å²) in [6.07, 6.45) is 7.03. The predicted molar refractivity (Wildman–Crippen MR) is 103 cm³/mol. The van der Waals surface area contributed by atoms with Gasteiger partial charge in [-0.25, -0.2) is 4.79 Å². The Morgan fingerprint density at radius 1 is 1.15 bits per heavy atom. The predicted octanol–water partition coefficient (Wildman–Crippen LogP) is 3.88. The van der Waals surface area contributed by atoms with Gasteiger partial charge < -0.3 is 9.64 Å². The monoisotopic (exact) mass is 366 g/mol. The highest BCUT2D eigenvalue weighted by atomic mass is 16.5. The van der Waals surface area contributed by atoms with Gasteiger partial charge in [-0.3, -0.25) is 9.78 Å². The van der Waals surface area contributed by atoms with Gasteiger partial charge in [0.05, 0.1) is 11.1 Å². The summed E-state index contributed by atoms with van der Waals surface area (Å²) in [6, 6.07) is 9.57. The molecule has 4 rings (SSSR count). The summed E-state index contributed by atoms with van der Waals surface area (Å²) in [5.41, 5.74) is 1.99. The second-order valence-electron chi connectivity index (χ2n) is 7.75. The first-order chi connectivity index (χ1) is 13.1.